The third-order valence-corrected chi connectivity index (χ3v) is 6.52. The van der Waals surface area contributed by atoms with Crippen molar-refractivity contribution >= 4 is 38.7 Å². The van der Waals surface area contributed by atoms with Gasteiger partial charge >= 0.3 is 10.0 Å². The number of benzene rings is 3. The number of sulfonamides is 1. The van der Waals surface area contributed by atoms with Crippen LogP contribution in [0.15, 0.2) is 64.1 Å². The van der Waals surface area contributed by atoms with Gasteiger partial charge in [0.15, 0.2) is 11.6 Å². The molecule has 0 radical (unpaired) electrons. The maximum Gasteiger partial charge on any atom is 0.319 e. The number of nitroso groups, excluding NO2 is 1. The van der Waals surface area contributed by atoms with Crippen molar-refractivity contribution in [3.63, 3.8) is 0 Å². The summed E-state index contributed by atoms with van der Waals surface area (Å²) in [6.45, 7) is 4.09. The number of nitrogens with two attached hydrogens (primary N) is 1. The molecule has 3 aromatic carbocycles. The largest absolute Gasteiger partial charge is 0.397 e. The Kier molecular flexibility index (Phi) is 5.14. The van der Waals surface area contributed by atoms with Crippen molar-refractivity contribution < 1.29 is 18.0 Å². The molecule has 0 heterocycles. The van der Waals surface area contributed by atoms with E-state index >= 15 is 0 Å². The molecule has 4 rings (SSSR count). The number of nitrogens with one attached hydrogen (secondary N) is 1. The van der Waals surface area contributed by atoms with Gasteiger partial charge in [0, 0.05) is 16.8 Å². The first-order valence-electron chi connectivity index (χ1n) is 9.77. The van der Waals surface area contributed by atoms with Gasteiger partial charge in [-0.25, -0.2) is 0 Å². The van der Waals surface area contributed by atoms with Crippen LogP contribution in [-0.4, -0.2) is 20.0 Å². The molecular weight excluding hydrogens is 430 g/mol. The molecule has 0 saturated carbocycles. The summed E-state index contributed by atoms with van der Waals surface area (Å²) in [7, 11) is -4.67. The third-order valence-electron chi connectivity index (χ3n) is 5.43. The summed E-state index contributed by atoms with van der Waals surface area (Å²) in [6.07, 6.45) is 0. The summed E-state index contributed by atoms with van der Waals surface area (Å²) in [6, 6.07) is 14.6. The van der Waals surface area contributed by atoms with Crippen LogP contribution in [0.25, 0.3) is 0 Å². The summed E-state index contributed by atoms with van der Waals surface area (Å²) < 4.78 is 26.8. The normalized spacial score (nSPS) is 13.0. The van der Waals surface area contributed by atoms with E-state index in [-0.39, 0.29) is 27.9 Å². The van der Waals surface area contributed by atoms with E-state index in [0.29, 0.717) is 11.6 Å². The van der Waals surface area contributed by atoms with E-state index in [2.05, 4.69) is 9.90 Å². The van der Waals surface area contributed by atoms with Gasteiger partial charge in [-0.3, -0.25) is 9.59 Å². The minimum absolute atomic E-state index is 0.0431. The lowest BCUT2D eigenvalue weighted by Crippen LogP contribution is -2.25. The first-order chi connectivity index (χ1) is 15.2. The van der Waals surface area contributed by atoms with E-state index in [0.717, 1.165) is 11.6 Å². The molecule has 0 bridgehead atoms. The van der Waals surface area contributed by atoms with Gasteiger partial charge in [-0.2, -0.15) is 8.42 Å². The number of carbonyl (C=O) groups is 2. The second-order valence-corrected chi connectivity index (χ2v) is 9.28. The lowest BCUT2D eigenvalue weighted by atomic mass is 9.82. The molecule has 0 atom stereocenters. The molecule has 0 aromatic heterocycles. The number of hydrogen-bond donors (Lipinski definition) is 2. The number of nitrogen functional groups attached to an aromatic ring is 1. The Hall–Kier alpha value is -3.85. The fraction of sp³-hybridized carbons (Fsp3) is 0.130. The maximum atomic E-state index is 13.3. The molecule has 0 amide bonds. The van der Waals surface area contributed by atoms with Crippen LogP contribution in [-0.2, 0) is 10.0 Å². The van der Waals surface area contributed by atoms with Crippen molar-refractivity contribution in [1.29, 1.82) is 0 Å². The zero-order chi connectivity index (χ0) is 23.2. The third kappa shape index (κ3) is 3.36. The molecule has 0 spiro atoms. The molecule has 9 heteroatoms. The molecule has 3 N–H and O–H groups in total. The van der Waals surface area contributed by atoms with Crippen LogP contribution >= 0.6 is 0 Å². The molecular formula is C23H19N3O5S. The zero-order valence-corrected chi connectivity index (χ0v) is 18.1. The Morgan fingerprint density at radius 2 is 1.47 bits per heavy atom. The second kappa shape index (κ2) is 7.69. The fourth-order valence-corrected chi connectivity index (χ4v) is 4.48. The van der Waals surface area contributed by atoms with Crippen LogP contribution in [0, 0.1) is 4.91 Å². The Morgan fingerprint density at radius 3 is 2.00 bits per heavy atom. The predicted molar refractivity (Wildman–Crippen MR) is 121 cm³/mol. The quantitative estimate of drug-likeness (QED) is 0.341. The first kappa shape index (κ1) is 21.4. The highest BCUT2D eigenvalue weighted by atomic mass is 32.2. The summed E-state index contributed by atoms with van der Waals surface area (Å²) in [5, 5.41) is 3.01. The van der Waals surface area contributed by atoms with E-state index in [4.69, 9.17) is 5.73 Å². The van der Waals surface area contributed by atoms with Gasteiger partial charge in [0.25, 0.3) is 0 Å². The molecule has 0 saturated heterocycles. The van der Waals surface area contributed by atoms with Crippen molar-refractivity contribution in [1.82, 2.24) is 0 Å². The van der Waals surface area contributed by atoms with Gasteiger partial charge in [-0.15, -0.1) is 4.91 Å². The summed E-state index contributed by atoms with van der Waals surface area (Å²) >= 11 is 0. The fourth-order valence-electron chi connectivity index (χ4n) is 3.75. The van der Waals surface area contributed by atoms with E-state index in [9.17, 15) is 22.9 Å². The van der Waals surface area contributed by atoms with Crippen LogP contribution in [0.2, 0.25) is 0 Å². The zero-order valence-electron chi connectivity index (χ0n) is 17.2. The minimum Gasteiger partial charge on any atom is -0.397 e. The Morgan fingerprint density at radius 1 is 0.906 bits per heavy atom. The van der Waals surface area contributed by atoms with Gasteiger partial charge < -0.3 is 11.1 Å². The highest BCUT2D eigenvalue weighted by Crippen LogP contribution is 2.40. The first-order valence-corrected chi connectivity index (χ1v) is 11.2. The van der Waals surface area contributed by atoms with Crippen LogP contribution in [0.4, 0.5) is 17.1 Å². The van der Waals surface area contributed by atoms with Gasteiger partial charge in [0.2, 0.25) is 0 Å². The van der Waals surface area contributed by atoms with Gasteiger partial charge in [-0.1, -0.05) is 50.2 Å². The van der Waals surface area contributed by atoms with Crippen LogP contribution in [0.5, 0.6) is 0 Å². The summed E-state index contributed by atoms with van der Waals surface area (Å²) in [5.41, 5.74) is 7.20. The smallest absolute Gasteiger partial charge is 0.319 e. The van der Waals surface area contributed by atoms with E-state index < -0.39 is 32.2 Å². The van der Waals surface area contributed by atoms with Gasteiger partial charge in [0.1, 0.15) is 4.90 Å². The number of anilines is 3. The van der Waals surface area contributed by atoms with Crippen molar-refractivity contribution in [2.75, 3.05) is 11.1 Å². The lowest BCUT2D eigenvalue weighted by molar-refractivity contribution is 0.0980. The monoisotopic (exact) mass is 449 g/mol. The van der Waals surface area contributed by atoms with E-state index in [1.165, 1.54) is 12.1 Å². The average molecular weight is 449 g/mol. The van der Waals surface area contributed by atoms with E-state index in [1.807, 2.05) is 26.0 Å². The summed E-state index contributed by atoms with van der Waals surface area (Å²) in [4.78, 5) is 36.9. The van der Waals surface area contributed by atoms with Crippen molar-refractivity contribution in [3.05, 3.63) is 87.3 Å². The number of rotatable bonds is 5. The topological polar surface area (TPSA) is 136 Å². The maximum absolute atomic E-state index is 13.3. The molecule has 0 aliphatic heterocycles. The average Bonchev–Trinajstić information content (AvgIpc) is 2.78. The van der Waals surface area contributed by atoms with Crippen LogP contribution < -0.4 is 11.1 Å². The minimum atomic E-state index is -4.67. The van der Waals surface area contributed by atoms with Gasteiger partial charge in [0.05, 0.1) is 27.1 Å². The standard InChI is InChI=1S/C23H19N3O5S/c1-12(2)13-7-9-14(10-8-13)25-17-11-18(32(30,31)26-29)21(24)20-19(17)22(27)15-5-3-4-6-16(15)23(20)28/h3-12,25H,24H2,1-2H3. The molecule has 162 valence electrons. The Labute approximate surface area is 184 Å². The van der Waals surface area contributed by atoms with Crippen LogP contribution in [0.3, 0.4) is 0 Å². The molecule has 32 heavy (non-hydrogen) atoms. The Balaban J connectivity index is 1.97. The van der Waals surface area contributed by atoms with Crippen LogP contribution in [0.1, 0.15) is 57.2 Å². The molecule has 0 fully saturated rings. The Bertz CT molecular complexity index is 1390. The van der Waals surface area contributed by atoms with Crippen molar-refractivity contribution in [2.45, 2.75) is 24.7 Å². The number of fused-ring (bicyclic) bond motifs is 2. The molecule has 1 aliphatic rings. The molecule has 8 nitrogen and oxygen atoms in total. The molecule has 0 unspecified atom stereocenters. The lowest BCUT2D eigenvalue weighted by Gasteiger charge is -2.23. The number of nitrogens with zero attached hydrogens (tertiary/aromatic N) is 1. The highest BCUT2D eigenvalue weighted by Gasteiger charge is 2.37. The summed E-state index contributed by atoms with van der Waals surface area (Å²) in [5.74, 6) is -0.778. The SMILES string of the molecule is CC(C)c1ccc(Nc2cc(S(=O)(=O)N=O)c(N)c3c2C(=O)c2ccccc2C3=O)cc1. The number of hydrogen-bond acceptors (Lipinski definition) is 7. The van der Waals surface area contributed by atoms with Crippen molar-refractivity contribution in [2.24, 2.45) is 4.58 Å². The highest BCUT2D eigenvalue weighted by molar-refractivity contribution is 7.90. The van der Waals surface area contributed by atoms with Crippen molar-refractivity contribution in [3.8, 4) is 0 Å². The molecule has 1 aliphatic carbocycles. The molecule has 3 aromatic rings. The predicted octanol–water partition coefficient (Wildman–Crippen LogP) is 4.37. The van der Waals surface area contributed by atoms with Gasteiger partial charge in [-0.05, 0) is 29.7 Å². The number of carbonyl (C=O) groups excluding carboxylic acids is 2. The van der Waals surface area contributed by atoms with E-state index in [1.54, 1.807) is 24.3 Å². The number of ketones is 2. The second-order valence-electron chi connectivity index (χ2n) is 7.74.